The third-order valence-corrected chi connectivity index (χ3v) is 3.86. The van der Waals surface area contributed by atoms with Gasteiger partial charge in [0.05, 0.1) is 16.0 Å². The average molecular weight is 334 g/mol. The molecular weight excluding hydrogens is 318 g/mol. The van der Waals surface area contributed by atoms with Gasteiger partial charge in [0.15, 0.2) is 0 Å². The maximum Gasteiger partial charge on any atom is 0.312 e. The molecule has 0 saturated carbocycles. The molecule has 0 bridgehead atoms. The van der Waals surface area contributed by atoms with Crippen molar-refractivity contribution >= 4 is 34.2 Å². The molecule has 0 heterocycles. The Bertz CT molecular complexity index is 426. The molecule has 1 aromatic carbocycles. The summed E-state index contributed by atoms with van der Waals surface area (Å²) in [5.74, 6) is 1.66. The van der Waals surface area contributed by atoms with Crippen molar-refractivity contribution in [3.63, 3.8) is 0 Å². The predicted octanol–water partition coefficient (Wildman–Crippen LogP) is 3.94. The Labute approximate surface area is 120 Å². The van der Waals surface area contributed by atoms with E-state index in [1.54, 1.807) is 12.1 Å². The average Bonchev–Trinajstić information content (AvgIpc) is 2.30. The van der Waals surface area contributed by atoms with Crippen LogP contribution < -0.4 is 4.74 Å². The molecule has 100 valence electrons. The van der Waals surface area contributed by atoms with Crippen LogP contribution in [0.25, 0.3) is 0 Å². The molecule has 4 nitrogen and oxygen atoms in total. The molecule has 0 radical (unpaired) electrons. The highest BCUT2D eigenvalue weighted by molar-refractivity contribution is 9.10. The third-order valence-electron chi connectivity index (χ3n) is 2.76. The van der Waals surface area contributed by atoms with Crippen LogP contribution in [0.4, 0.5) is 5.69 Å². The molecule has 0 N–H and O–H groups in total. The molecule has 1 aromatic rings. The summed E-state index contributed by atoms with van der Waals surface area (Å²) in [6.07, 6.45) is 0. The van der Waals surface area contributed by atoms with Crippen LogP contribution in [-0.2, 0) is 0 Å². The largest absolute Gasteiger partial charge is 0.486 e. The van der Waals surface area contributed by atoms with Gasteiger partial charge < -0.3 is 4.74 Å². The van der Waals surface area contributed by atoms with Gasteiger partial charge in [-0.05, 0) is 33.7 Å². The summed E-state index contributed by atoms with van der Waals surface area (Å²) in [6, 6.07) is 4.78. The first-order chi connectivity index (χ1) is 8.47. The highest BCUT2D eigenvalue weighted by atomic mass is 79.9. The molecule has 0 fully saturated rings. The number of thiol groups is 1. The van der Waals surface area contributed by atoms with Gasteiger partial charge in [0.1, 0.15) is 0 Å². The molecular formula is C12H16BrNO3S. The fraction of sp³-hybridized carbons (Fsp3) is 0.500. The topological polar surface area (TPSA) is 52.4 Å². The molecule has 0 aromatic heterocycles. The van der Waals surface area contributed by atoms with Crippen molar-refractivity contribution in [3.05, 3.63) is 32.8 Å². The summed E-state index contributed by atoms with van der Waals surface area (Å²) in [4.78, 5) is 10.5. The zero-order valence-electron chi connectivity index (χ0n) is 10.3. The lowest BCUT2D eigenvalue weighted by molar-refractivity contribution is -0.386. The van der Waals surface area contributed by atoms with E-state index in [0.717, 1.165) is 0 Å². The van der Waals surface area contributed by atoms with Gasteiger partial charge in [-0.25, -0.2) is 0 Å². The van der Waals surface area contributed by atoms with E-state index < -0.39 is 4.92 Å². The van der Waals surface area contributed by atoms with E-state index in [2.05, 4.69) is 42.4 Å². The third kappa shape index (κ3) is 3.88. The maximum absolute atomic E-state index is 10.9. The minimum absolute atomic E-state index is 0.0222. The predicted molar refractivity (Wildman–Crippen MR) is 78.5 cm³/mol. The van der Waals surface area contributed by atoms with Crippen LogP contribution in [0.15, 0.2) is 22.7 Å². The summed E-state index contributed by atoms with van der Waals surface area (Å²) in [5, 5.41) is 10.9. The second-order valence-electron chi connectivity index (χ2n) is 4.34. The van der Waals surface area contributed by atoms with Gasteiger partial charge in [-0.2, -0.15) is 12.6 Å². The summed E-state index contributed by atoms with van der Waals surface area (Å²) >= 11 is 7.54. The number of nitrogens with zero attached hydrogens (tertiary/aromatic N) is 1. The molecule has 1 rings (SSSR count). The monoisotopic (exact) mass is 333 g/mol. The van der Waals surface area contributed by atoms with Crippen LogP contribution in [0.2, 0.25) is 0 Å². The minimum Gasteiger partial charge on any atom is -0.486 e. The zero-order valence-corrected chi connectivity index (χ0v) is 12.8. The van der Waals surface area contributed by atoms with Gasteiger partial charge in [-0.3, -0.25) is 10.1 Å². The van der Waals surface area contributed by atoms with E-state index in [-0.39, 0.29) is 17.4 Å². The molecule has 18 heavy (non-hydrogen) atoms. The van der Waals surface area contributed by atoms with Gasteiger partial charge in [-0.1, -0.05) is 19.9 Å². The van der Waals surface area contributed by atoms with Crippen LogP contribution in [0, 0.1) is 22.0 Å². The Balaban J connectivity index is 2.87. The number of nitro groups is 1. The molecule has 1 unspecified atom stereocenters. The first-order valence-electron chi connectivity index (χ1n) is 5.64. The minimum atomic E-state index is -0.439. The fourth-order valence-electron chi connectivity index (χ4n) is 1.43. The zero-order chi connectivity index (χ0) is 13.7. The van der Waals surface area contributed by atoms with Gasteiger partial charge in [-0.15, -0.1) is 0 Å². The van der Waals surface area contributed by atoms with Crippen molar-refractivity contribution in [3.8, 4) is 5.75 Å². The lowest BCUT2D eigenvalue weighted by Crippen LogP contribution is -2.19. The van der Waals surface area contributed by atoms with E-state index in [0.29, 0.717) is 22.8 Å². The van der Waals surface area contributed by atoms with Crippen LogP contribution in [-0.4, -0.2) is 17.3 Å². The quantitative estimate of drug-likeness (QED) is 0.487. The van der Waals surface area contributed by atoms with Crippen LogP contribution in [0.5, 0.6) is 5.75 Å². The summed E-state index contributed by atoms with van der Waals surface area (Å²) in [7, 11) is 0. The van der Waals surface area contributed by atoms with E-state index >= 15 is 0 Å². The van der Waals surface area contributed by atoms with Crippen molar-refractivity contribution in [2.24, 2.45) is 11.8 Å². The van der Waals surface area contributed by atoms with Crippen molar-refractivity contribution in [1.29, 1.82) is 0 Å². The van der Waals surface area contributed by atoms with Crippen molar-refractivity contribution in [2.75, 3.05) is 12.4 Å². The standard InChI is InChI=1S/C12H16BrNO3S/c1-8(2)9(7-18)6-17-12-10(13)4-3-5-11(12)14(15)16/h3-5,8-9,18H,6-7H2,1-2H3. The van der Waals surface area contributed by atoms with Crippen molar-refractivity contribution < 1.29 is 9.66 Å². The first kappa shape index (κ1) is 15.3. The summed E-state index contributed by atoms with van der Waals surface area (Å²) in [5.41, 5.74) is -0.0222. The summed E-state index contributed by atoms with van der Waals surface area (Å²) < 4.78 is 6.20. The second-order valence-corrected chi connectivity index (χ2v) is 5.56. The van der Waals surface area contributed by atoms with E-state index in [9.17, 15) is 10.1 Å². The molecule has 0 spiro atoms. The number of benzene rings is 1. The number of para-hydroxylation sites is 1. The Hall–Kier alpha value is -0.750. The first-order valence-corrected chi connectivity index (χ1v) is 7.06. The van der Waals surface area contributed by atoms with Gasteiger partial charge in [0.25, 0.3) is 0 Å². The molecule has 0 aliphatic rings. The van der Waals surface area contributed by atoms with Crippen molar-refractivity contribution in [2.45, 2.75) is 13.8 Å². The van der Waals surface area contributed by atoms with E-state index in [1.807, 2.05) is 0 Å². The SMILES string of the molecule is CC(C)C(CS)COc1c(Br)cccc1[N+](=O)[O-]. The lowest BCUT2D eigenvalue weighted by atomic mass is 9.99. The van der Waals surface area contributed by atoms with Crippen LogP contribution >= 0.6 is 28.6 Å². The number of nitro benzene ring substituents is 1. The molecule has 0 saturated heterocycles. The molecule has 0 aliphatic heterocycles. The number of halogens is 1. The second kappa shape index (κ2) is 6.99. The van der Waals surface area contributed by atoms with Gasteiger partial charge >= 0.3 is 5.69 Å². The highest BCUT2D eigenvalue weighted by Gasteiger charge is 2.20. The van der Waals surface area contributed by atoms with Crippen molar-refractivity contribution in [1.82, 2.24) is 0 Å². The Kier molecular flexibility index (Phi) is 5.95. The van der Waals surface area contributed by atoms with Crippen LogP contribution in [0.3, 0.4) is 0 Å². The number of rotatable bonds is 6. The number of hydrogen-bond acceptors (Lipinski definition) is 4. The van der Waals surface area contributed by atoms with E-state index in [1.165, 1.54) is 6.07 Å². The van der Waals surface area contributed by atoms with Gasteiger partial charge in [0.2, 0.25) is 5.75 Å². The molecule has 0 aliphatic carbocycles. The van der Waals surface area contributed by atoms with E-state index in [4.69, 9.17) is 4.74 Å². The summed E-state index contributed by atoms with van der Waals surface area (Å²) in [6.45, 7) is 4.59. The van der Waals surface area contributed by atoms with Crippen LogP contribution in [0.1, 0.15) is 13.8 Å². The Morgan fingerprint density at radius 1 is 1.50 bits per heavy atom. The normalized spacial score (nSPS) is 12.5. The fourth-order valence-corrected chi connectivity index (χ4v) is 2.43. The van der Waals surface area contributed by atoms with Gasteiger partial charge in [0, 0.05) is 12.0 Å². The molecule has 6 heteroatoms. The highest BCUT2D eigenvalue weighted by Crippen LogP contribution is 2.35. The lowest BCUT2D eigenvalue weighted by Gasteiger charge is -2.19. The Morgan fingerprint density at radius 2 is 2.17 bits per heavy atom. The Morgan fingerprint density at radius 3 is 2.67 bits per heavy atom. The molecule has 0 amide bonds. The number of hydrogen-bond donors (Lipinski definition) is 1. The maximum atomic E-state index is 10.9. The number of ether oxygens (including phenoxy) is 1. The smallest absolute Gasteiger partial charge is 0.312 e. The molecule has 1 atom stereocenters.